The Kier molecular flexibility index (Phi) is 6.50. The highest BCUT2D eigenvalue weighted by Gasteiger charge is 2.26. The molecule has 1 fully saturated rings. The van der Waals surface area contributed by atoms with Gasteiger partial charge in [-0.15, -0.1) is 0 Å². The summed E-state index contributed by atoms with van der Waals surface area (Å²) in [5.74, 6) is 2.37. The van der Waals surface area contributed by atoms with E-state index < -0.39 is 0 Å². The minimum absolute atomic E-state index is 0.422. The van der Waals surface area contributed by atoms with E-state index in [9.17, 15) is 0 Å². The number of aromatic nitrogens is 1. The fraction of sp³-hybridized carbons (Fsp3) is 0.524. The van der Waals surface area contributed by atoms with Crippen molar-refractivity contribution < 1.29 is 4.42 Å². The van der Waals surface area contributed by atoms with Crippen molar-refractivity contribution in [1.29, 1.82) is 0 Å². The quantitative estimate of drug-likeness (QED) is 0.626. The summed E-state index contributed by atoms with van der Waals surface area (Å²) in [6.07, 6.45) is 2.21. The van der Waals surface area contributed by atoms with Crippen LogP contribution in [0.2, 0.25) is 0 Å². The predicted molar refractivity (Wildman–Crippen MR) is 109 cm³/mol. The van der Waals surface area contributed by atoms with Crippen molar-refractivity contribution in [3.8, 4) is 0 Å². The molecule has 6 nitrogen and oxygen atoms in total. The van der Waals surface area contributed by atoms with Crippen LogP contribution in [0.3, 0.4) is 0 Å². The Hall–Kier alpha value is -2.34. The molecule has 0 saturated carbocycles. The van der Waals surface area contributed by atoms with Crippen LogP contribution >= 0.6 is 0 Å². The number of piperidine rings is 1. The Labute approximate surface area is 162 Å². The molecule has 0 bridgehead atoms. The van der Waals surface area contributed by atoms with E-state index >= 15 is 0 Å². The molecule has 27 heavy (non-hydrogen) atoms. The third-order valence-electron chi connectivity index (χ3n) is 5.29. The van der Waals surface area contributed by atoms with Gasteiger partial charge in [-0.2, -0.15) is 0 Å². The van der Waals surface area contributed by atoms with E-state index in [1.807, 2.05) is 13.8 Å². The highest BCUT2D eigenvalue weighted by atomic mass is 16.4. The first kappa shape index (κ1) is 19.4. The van der Waals surface area contributed by atoms with Gasteiger partial charge in [-0.3, -0.25) is 9.89 Å². The van der Waals surface area contributed by atoms with Gasteiger partial charge in [0.1, 0.15) is 5.76 Å². The molecule has 3 rings (SSSR count). The molecule has 0 spiro atoms. The molecule has 1 aromatic heterocycles. The Bertz CT molecular complexity index is 736. The number of hydrogen-bond donors (Lipinski definition) is 2. The molecule has 146 valence electrons. The van der Waals surface area contributed by atoms with E-state index in [-0.39, 0.29) is 0 Å². The summed E-state index contributed by atoms with van der Waals surface area (Å²) in [5, 5.41) is 6.86. The topological polar surface area (TPSA) is 65.7 Å². The number of guanidine groups is 1. The van der Waals surface area contributed by atoms with Crippen molar-refractivity contribution in [2.45, 2.75) is 58.8 Å². The maximum atomic E-state index is 5.62. The Morgan fingerprint density at radius 3 is 2.70 bits per heavy atom. The number of hydrogen-bond acceptors (Lipinski definition) is 4. The number of likely N-dealkylation sites (tertiary alicyclic amines) is 1. The average molecular weight is 370 g/mol. The summed E-state index contributed by atoms with van der Waals surface area (Å²) in [6, 6.07) is 11.7. The highest BCUT2D eigenvalue weighted by Crippen LogP contribution is 2.20. The van der Waals surface area contributed by atoms with Crippen LogP contribution in [0.5, 0.6) is 0 Å². The summed E-state index contributed by atoms with van der Waals surface area (Å²) in [7, 11) is 1.80. The number of benzene rings is 1. The number of aryl methyl sites for hydroxylation is 2. The van der Waals surface area contributed by atoms with Gasteiger partial charge in [0.15, 0.2) is 5.96 Å². The molecule has 2 N–H and O–H groups in total. The summed E-state index contributed by atoms with van der Waals surface area (Å²) >= 11 is 0. The van der Waals surface area contributed by atoms with Crippen LogP contribution in [0.25, 0.3) is 0 Å². The van der Waals surface area contributed by atoms with Crippen LogP contribution in [0.1, 0.15) is 42.7 Å². The van der Waals surface area contributed by atoms with Gasteiger partial charge in [-0.05, 0) is 39.2 Å². The molecule has 1 aliphatic heterocycles. The van der Waals surface area contributed by atoms with E-state index in [2.05, 4.69) is 62.8 Å². The number of nitrogens with zero attached hydrogens (tertiary/aromatic N) is 3. The van der Waals surface area contributed by atoms with E-state index in [0.29, 0.717) is 24.5 Å². The molecule has 6 heteroatoms. The fourth-order valence-electron chi connectivity index (χ4n) is 3.57. The molecule has 0 amide bonds. The number of oxazole rings is 1. The third-order valence-corrected chi connectivity index (χ3v) is 5.29. The SMILES string of the molecule is CN=C(NCc1nc(C)c(C)o1)NC1CCN(Cc2ccccc2)C(C)C1. The molecule has 2 heterocycles. The van der Waals surface area contributed by atoms with Crippen LogP contribution in [0.4, 0.5) is 0 Å². The van der Waals surface area contributed by atoms with Crippen molar-refractivity contribution in [1.82, 2.24) is 20.5 Å². The number of aliphatic imine (C=N–C) groups is 1. The second-order valence-electron chi connectivity index (χ2n) is 7.35. The van der Waals surface area contributed by atoms with Crippen LogP contribution in [-0.4, -0.2) is 41.5 Å². The minimum atomic E-state index is 0.422. The summed E-state index contributed by atoms with van der Waals surface area (Å²) in [5.41, 5.74) is 2.32. The zero-order valence-electron chi connectivity index (χ0n) is 16.8. The van der Waals surface area contributed by atoms with Crippen molar-refractivity contribution in [3.05, 3.63) is 53.2 Å². The first-order valence-corrected chi connectivity index (χ1v) is 9.73. The van der Waals surface area contributed by atoms with Gasteiger partial charge >= 0.3 is 0 Å². The standard InChI is InChI=1S/C21H31N5O/c1-15-12-19(10-11-26(15)14-18-8-6-5-7-9-18)25-21(22-4)23-13-20-24-16(2)17(3)27-20/h5-9,15,19H,10-14H2,1-4H3,(H2,22,23,25). The van der Waals surface area contributed by atoms with Crippen LogP contribution < -0.4 is 10.6 Å². The second-order valence-corrected chi connectivity index (χ2v) is 7.35. The van der Waals surface area contributed by atoms with E-state index in [1.54, 1.807) is 7.05 Å². The summed E-state index contributed by atoms with van der Waals surface area (Å²) in [4.78, 5) is 11.3. The van der Waals surface area contributed by atoms with E-state index in [1.165, 1.54) is 5.56 Å². The number of rotatable bonds is 5. The third kappa shape index (κ3) is 5.32. The van der Waals surface area contributed by atoms with Crippen molar-refractivity contribution in [2.75, 3.05) is 13.6 Å². The van der Waals surface area contributed by atoms with E-state index in [4.69, 9.17) is 4.42 Å². The number of nitrogens with one attached hydrogen (secondary N) is 2. The zero-order chi connectivity index (χ0) is 19.2. The largest absolute Gasteiger partial charge is 0.444 e. The Balaban J connectivity index is 1.47. The molecule has 2 unspecified atom stereocenters. The lowest BCUT2D eigenvalue weighted by Crippen LogP contribution is -2.51. The van der Waals surface area contributed by atoms with E-state index in [0.717, 1.165) is 43.3 Å². The van der Waals surface area contributed by atoms with Gasteiger partial charge in [0.25, 0.3) is 0 Å². The van der Waals surface area contributed by atoms with Gasteiger partial charge in [-0.1, -0.05) is 30.3 Å². The smallest absolute Gasteiger partial charge is 0.214 e. The average Bonchev–Trinajstić information content (AvgIpc) is 2.99. The maximum absolute atomic E-state index is 5.62. The molecule has 2 atom stereocenters. The lowest BCUT2D eigenvalue weighted by molar-refractivity contribution is 0.134. The van der Waals surface area contributed by atoms with Crippen LogP contribution in [0.15, 0.2) is 39.7 Å². The second kappa shape index (κ2) is 9.04. The molecule has 0 radical (unpaired) electrons. The Morgan fingerprint density at radius 2 is 2.07 bits per heavy atom. The molecular weight excluding hydrogens is 338 g/mol. The molecule has 0 aliphatic carbocycles. The lowest BCUT2D eigenvalue weighted by atomic mass is 9.97. The first-order valence-electron chi connectivity index (χ1n) is 9.73. The zero-order valence-corrected chi connectivity index (χ0v) is 16.8. The van der Waals surface area contributed by atoms with Crippen molar-refractivity contribution in [3.63, 3.8) is 0 Å². The molecule has 1 aromatic carbocycles. The predicted octanol–water partition coefficient (Wildman–Crippen LogP) is 3.01. The van der Waals surface area contributed by atoms with Gasteiger partial charge in [-0.25, -0.2) is 4.98 Å². The molecule has 2 aromatic rings. The molecule has 1 saturated heterocycles. The Morgan fingerprint density at radius 1 is 1.30 bits per heavy atom. The summed E-state index contributed by atoms with van der Waals surface area (Å²) < 4.78 is 5.62. The van der Waals surface area contributed by atoms with Gasteiger partial charge in [0.2, 0.25) is 5.89 Å². The minimum Gasteiger partial charge on any atom is -0.444 e. The van der Waals surface area contributed by atoms with Crippen molar-refractivity contribution >= 4 is 5.96 Å². The van der Waals surface area contributed by atoms with Crippen LogP contribution in [-0.2, 0) is 13.1 Å². The maximum Gasteiger partial charge on any atom is 0.214 e. The first-order chi connectivity index (χ1) is 13.0. The van der Waals surface area contributed by atoms with Crippen molar-refractivity contribution in [2.24, 2.45) is 4.99 Å². The molecule has 1 aliphatic rings. The monoisotopic (exact) mass is 369 g/mol. The molecular formula is C21H31N5O. The normalized spacial score (nSPS) is 21.3. The van der Waals surface area contributed by atoms with Crippen LogP contribution in [0, 0.1) is 13.8 Å². The van der Waals surface area contributed by atoms with Gasteiger partial charge < -0.3 is 15.1 Å². The van der Waals surface area contributed by atoms with Gasteiger partial charge in [0.05, 0.1) is 12.2 Å². The summed E-state index contributed by atoms with van der Waals surface area (Å²) in [6.45, 7) is 8.85. The highest BCUT2D eigenvalue weighted by molar-refractivity contribution is 5.79. The fourth-order valence-corrected chi connectivity index (χ4v) is 3.57. The lowest BCUT2D eigenvalue weighted by Gasteiger charge is -2.38. The van der Waals surface area contributed by atoms with Gasteiger partial charge in [0, 0.05) is 32.2 Å².